The minimum atomic E-state index is -0.117. The summed E-state index contributed by atoms with van der Waals surface area (Å²) in [5.74, 6) is 0. The molecule has 1 aromatic heterocycles. The molecule has 2 aliphatic rings. The maximum atomic E-state index is 6.34. The van der Waals surface area contributed by atoms with Crippen molar-refractivity contribution in [2.24, 2.45) is 0 Å². The number of fused-ring (bicyclic) bond motifs is 9. The zero-order valence-corrected chi connectivity index (χ0v) is 37.6. The molecule has 0 fully saturated rings. The number of anilines is 3. The Labute approximate surface area is 391 Å². The van der Waals surface area contributed by atoms with Crippen LogP contribution in [0.2, 0.25) is 0 Å². The van der Waals surface area contributed by atoms with Crippen molar-refractivity contribution < 1.29 is 4.42 Å². The molecule has 11 aromatic rings. The summed E-state index contributed by atoms with van der Waals surface area (Å²) in [7, 11) is 0. The molecule has 0 aliphatic heterocycles. The third-order valence-corrected chi connectivity index (χ3v) is 14.5. The lowest BCUT2D eigenvalue weighted by molar-refractivity contribution is 0.662. The maximum absolute atomic E-state index is 6.34. The Hall–Kier alpha value is -8.20. The van der Waals surface area contributed by atoms with E-state index in [-0.39, 0.29) is 5.41 Å². The predicted octanol–water partition coefficient (Wildman–Crippen LogP) is 18.4. The predicted molar refractivity (Wildman–Crippen MR) is 284 cm³/mol. The van der Waals surface area contributed by atoms with E-state index in [4.69, 9.17) is 4.42 Å². The first-order valence-corrected chi connectivity index (χ1v) is 23.5. The zero-order valence-electron chi connectivity index (χ0n) is 37.6. The van der Waals surface area contributed by atoms with Gasteiger partial charge in [0.15, 0.2) is 0 Å². The average Bonchev–Trinajstić information content (AvgIpc) is 3.88. The topological polar surface area (TPSA) is 16.4 Å². The van der Waals surface area contributed by atoms with Crippen LogP contribution in [0.15, 0.2) is 229 Å². The monoisotopic (exact) mass is 857 g/mol. The summed E-state index contributed by atoms with van der Waals surface area (Å²) >= 11 is 0. The van der Waals surface area contributed by atoms with Crippen molar-refractivity contribution in [2.45, 2.75) is 32.1 Å². The molecule has 0 saturated heterocycles. The Kier molecular flexibility index (Phi) is 9.05. The van der Waals surface area contributed by atoms with Crippen LogP contribution in [-0.2, 0) is 5.41 Å². The smallest absolute Gasteiger partial charge is 0.136 e. The van der Waals surface area contributed by atoms with Crippen LogP contribution in [0.1, 0.15) is 43.4 Å². The van der Waals surface area contributed by atoms with Crippen LogP contribution in [0.4, 0.5) is 17.1 Å². The Balaban J connectivity index is 0.989. The first-order chi connectivity index (χ1) is 33.0. The fourth-order valence-corrected chi connectivity index (χ4v) is 11.3. The second-order valence-corrected chi connectivity index (χ2v) is 18.7. The molecule has 13 rings (SSSR count). The lowest BCUT2D eigenvalue weighted by atomic mass is 9.79. The van der Waals surface area contributed by atoms with Gasteiger partial charge in [-0.3, -0.25) is 0 Å². The Morgan fingerprint density at radius 3 is 1.88 bits per heavy atom. The Bertz CT molecular complexity index is 3820. The van der Waals surface area contributed by atoms with Gasteiger partial charge in [0.25, 0.3) is 0 Å². The number of benzene rings is 10. The highest BCUT2D eigenvalue weighted by molar-refractivity contribution is 6.14. The summed E-state index contributed by atoms with van der Waals surface area (Å²) in [4.78, 5) is 2.48. The van der Waals surface area contributed by atoms with E-state index >= 15 is 0 Å². The second kappa shape index (κ2) is 15.5. The lowest BCUT2D eigenvalue weighted by Crippen LogP contribution is -2.16. The molecule has 2 nitrogen and oxygen atoms in total. The summed E-state index contributed by atoms with van der Waals surface area (Å²) in [6, 6.07) is 76.2. The van der Waals surface area contributed by atoms with E-state index in [1.54, 1.807) is 0 Å². The van der Waals surface area contributed by atoms with Gasteiger partial charge in [0.2, 0.25) is 0 Å². The fourth-order valence-electron chi connectivity index (χ4n) is 11.3. The van der Waals surface area contributed by atoms with E-state index in [9.17, 15) is 0 Å². The molecule has 67 heavy (non-hydrogen) atoms. The highest BCUT2D eigenvalue weighted by Gasteiger charge is 2.37. The summed E-state index contributed by atoms with van der Waals surface area (Å²) in [6.07, 6.45) is 8.80. The molecular weight excluding hydrogens is 811 g/mol. The van der Waals surface area contributed by atoms with E-state index < -0.39 is 0 Å². The second-order valence-electron chi connectivity index (χ2n) is 18.7. The Morgan fingerprint density at radius 1 is 0.433 bits per heavy atom. The molecule has 0 saturated carbocycles. The van der Waals surface area contributed by atoms with Crippen molar-refractivity contribution in [1.29, 1.82) is 0 Å². The van der Waals surface area contributed by atoms with Crippen molar-refractivity contribution in [3.63, 3.8) is 0 Å². The van der Waals surface area contributed by atoms with Gasteiger partial charge >= 0.3 is 0 Å². The molecule has 0 atom stereocenters. The number of furan rings is 1. The first kappa shape index (κ1) is 39.2. The molecular formula is C65H47NO. The van der Waals surface area contributed by atoms with E-state index in [0.29, 0.717) is 0 Å². The largest absolute Gasteiger partial charge is 0.456 e. The van der Waals surface area contributed by atoms with Crippen molar-refractivity contribution in [3.05, 3.63) is 241 Å². The number of hydrogen-bond donors (Lipinski definition) is 0. The summed E-state index contributed by atoms with van der Waals surface area (Å²) < 4.78 is 6.34. The van der Waals surface area contributed by atoms with Gasteiger partial charge in [-0.15, -0.1) is 0 Å². The minimum Gasteiger partial charge on any atom is -0.456 e. The third-order valence-electron chi connectivity index (χ3n) is 14.5. The molecule has 0 amide bonds. The summed E-state index contributed by atoms with van der Waals surface area (Å²) in [6.45, 7) is 4.75. The molecule has 10 aromatic carbocycles. The third kappa shape index (κ3) is 6.39. The van der Waals surface area contributed by atoms with Gasteiger partial charge in [-0.2, -0.15) is 0 Å². The number of para-hydroxylation sites is 1. The highest BCUT2D eigenvalue weighted by atomic mass is 16.3. The molecule has 0 radical (unpaired) electrons. The van der Waals surface area contributed by atoms with Crippen molar-refractivity contribution in [3.8, 4) is 44.5 Å². The van der Waals surface area contributed by atoms with Gasteiger partial charge in [-0.05, 0) is 150 Å². The van der Waals surface area contributed by atoms with Gasteiger partial charge in [-0.25, -0.2) is 0 Å². The molecule has 0 N–H and O–H groups in total. The van der Waals surface area contributed by atoms with Crippen LogP contribution in [-0.4, -0.2) is 0 Å². The number of hydrogen-bond acceptors (Lipinski definition) is 2. The molecule has 0 unspecified atom stereocenters. The molecule has 0 bridgehead atoms. The Morgan fingerprint density at radius 2 is 1.07 bits per heavy atom. The van der Waals surface area contributed by atoms with Crippen LogP contribution in [0.3, 0.4) is 0 Å². The number of allylic oxidation sites excluding steroid dienone is 4. The number of nitrogens with zero attached hydrogens (tertiary/aromatic N) is 1. The van der Waals surface area contributed by atoms with Crippen LogP contribution in [0.25, 0.3) is 93.6 Å². The highest BCUT2D eigenvalue weighted by Crippen LogP contribution is 2.53. The van der Waals surface area contributed by atoms with Crippen LogP contribution in [0, 0.1) is 0 Å². The standard InChI is InChI=1S/C65H47NO/c1-65(2)60-25-12-10-21-55(60)58-24-14-23-52(64(58)65)44-29-35-49(36-30-44)66(48-33-27-42(28-34-48)45-31-38-57-56-22-11-13-26-62(56)67-63(57)41-45)61-40-47(32-37-51(61)43-15-4-3-5-16-43)59-39-46-17-6-7-18-50(46)53-19-8-9-20-54(53)59/h3-4,6-15,17-41H,5,16H2,1-2H3. The minimum absolute atomic E-state index is 0.117. The van der Waals surface area contributed by atoms with Crippen LogP contribution in [0.5, 0.6) is 0 Å². The zero-order chi connectivity index (χ0) is 44.6. The van der Waals surface area contributed by atoms with E-state index in [2.05, 4.69) is 231 Å². The van der Waals surface area contributed by atoms with E-state index in [1.165, 1.54) is 77.2 Å². The van der Waals surface area contributed by atoms with Crippen molar-refractivity contribution >= 4 is 66.1 Å². The number of rotatable bonds is 7. The maximum Gasteiger partial charge on any atom is 0.136 e. The summed E-state index contributed by atoms with van der Waals surface area (Å²) in [5.41, 5.74) is 20.3. The average molecular weight is 858 g/mol. The van der Waals surface area contributed by atoms with E-state index in [1.807, 2.05) is 12.1 Å². The van der Waals surface area contributed by atoms with Crippen molar-refractivity contribution in [1.82, 2.24) is 0 Å². The van der Waals surface area contributed by atoms with Gasteiger partial charge in [0.05, 0.1) is 5.69 Å². The van der Waals surface area contributed by atoms with Crippen molar-refractivity contribution in [2.75, 3.05) is 4.90 Å². The van der Waals surface area contributed by atoms with E-state index in [0.717, 1.165) is 63.0 Å². The normalized spacial score (nSPS) is 13.9. The quantitative estimate of drug-likeness (QED) is 0.149. The molecule has 2 heteroatoms. The van der Waals surface area contributed by atoms with Crippen LogP contribution >= 0.6 is 0 Å². The molecule has 0 spiro atoms. The van der Waals surface area contributed by atoms with Crippen LogP contribution < -0.4 is 4.90 Å². The summed E-state index contributed by atoms with van der Waals surface area (Å²) in [5, 5.41) is 7.31. The van der Waals surface area contributed by atoms with Gasteiger partial charge in [0.1, 0.15) is 11.2 Å². The van der Waals surface area contributed by atoms with Gasteiger partial charge in [0, 0.05) is 33.1 Å². The lowest BCUT2D eigenvalue weighted by Gasteiger charge is -2.30. The molecule has 318 valence electrons. The fraction of sp³-hybridized carbons (Fsp3) is 0.0769. The first-order valence-electron chi connectivity index (χ1n) is 23.5. The van der Waals surface area contributed by atoms with Gasteiger partial charge in [-0.1, -0.05) is 184 Å². The van der Waals surface area contributed by atoms with Gasteiger partial charge < -0.3 is 9.32 Å². The molecule has 2 aliphatic carbocycles. The molecule has 1 heterocycles. The SMILES string of the molecule is CC1(C)c2ccccc2-c2cccc(-c3ccc(N(c4ccc(-c5ccc6c(c5)oc5ccccc56)cc4)c4cc(-c5cc6ccccc6c6ccccc56)ccc4C4=CC=CCC4)cc3)c21.